The predicted molar refractivity (Wildman–Crippen MR) is 76.0 cm³/mol. The fourth-order valence-electron chi connectivity index (χ4n) is 1.85. The van der Waals surface area contributed by atoms with Crippen LogP contribution in [-0.4, -0.2) is 41.9 Å². The third-order valence-corrected chi connectivity index (χ3v) is 3.00. The third kappa shape index (κ3) is 4.24. The molecule has 6 heteroatoms. The first-order valence-electron chi connectivity index (χ1n) is 6.32. The van der Waals surface area contributed by atoms with E-state index in [0.29, 0.717) is 0 Å². The van der Waals surface area contributed by atoms with E-state index in [1.165, 1.54) is 4.90 Å². The largest absolute Gasteiger partial charge is 0.479 e. The van der Waals surface area contributed by atoms with Gasteiger partial charge in [0.15, 0.2) is 6.10 Å². The molecule has 0 saturated heterocycles. The molecule has 1 aromatic rings. The summed E-state index contributed by atoms with van der Waals surface area (Å²) < 4.78 is 0. The molecule has 0 aliphatic rings. The molecule has 110 valence electrons. The molecule has 0 aliphatic carbocycles. The summed E-state index contributed by atoms with van der Waals surface area (Å²) in [5, 5.41) is 20.2. The Morgan fingerprint density at radius 1 is 1.35 bits per heavy atom. The molecule has 6 nitrogen and oxygen atoms in total. The number of nitrogens with zero attached hydrogens (tertiary/aromatic N) is 1. The molecule has 0 unspecified atom stereocenters. The summed E-state index contributed by atoms with van der Waals surface area (Å²) in [6, 6.07) is 5.42. The van der Waals surface area contributed by atoms with E-state index < -0.39 is 12.1 Å². The number of carbonyl (C=O) groups is 2. The van der Waals surface area contributed by atoms with Crippen LogP contribution in [0.1, 0.15) is 17.5 Å². The second-order valence-electron chi connectivity index (χ2n) is 4.72. The zero-order valence-corrected chi connectivity index (χ0v) is 11.9. The first-order chi connectivity index (χ1) is 9.32. The number of carboxylic acids is 1. The van der Waals surface area contributed by atoms with E-state index in [1.807, 2.05) is 32.0 Å². The zero-order chi connectivity index (χ0) is 15.3. The highest BCUT2D eigenvalue weighted by Gasteiger charge is 2.15. The van der Waals surface area contributed by atoms with Crippen molar-refractivity contribution in [2.45, 2.75) is 26.4 Å². The molecule has 0 radical (unpaired) electrons. The Morgan fingerprint density at radius 2 is 2.00 bits per heavy atom. The fraction of sp³-hybridized carbons (Fsp3) is 0.429. The van der Waals surface area contributed by atoms with Crippen molar-refractivity contribution < 1.29 is 19.8 Å². The van der Waals surface area contributed by atoms with Crippen molar-refractivity contribution in [2.75, 3.05) is 18.5 Å². The van der Waals surface area contributed by atoms with Gasteiger partial charge in [0.25, 0.3) is 0 Å². The summed E-state index contributed by atoms with van der Waals surface area (Å²) in [4.78, 5) is 23.8. The summed E-state index contributed by atoms with van der Waals surface area (Å²) >= 11 is 0. The van der Waals surface area contributed by atoms with Crippen LogP contribution >= 0.6 is 0 Å². The average Bonchev–Trinajstić information content (AvgIpc) is 2.37. The van der Waals surface area contributed by atoms with Crippen molar-refractivity contribution in [2.24, 2.45) is 0 Å². The van der Waals surface area contributed by atoms with Crippen LogP contribution < -0.4 is 10.2 Å². The van der Waals surface area contributed by atoms with Crippen LogP contribution in [0.5, 0.6) is 0 Å². The molecular formula is C14H20N2O4. The number of carboxylic acid groups (broad SMARTS) is 1. The van der Waals surface area contributed by atoms with Crippen molar-refractivity contribution in [1.29, 1.82) is 0 Å². The van der Waals surface area contributed by atoms with Crippen LogP contribution in [-0.2, 0) is 4.79 Å². The fourth-order valence-corrected chi connectivity index (χ4v) is 1.85. The Balaban J connectivity index is 2.57. The number of nitrogens with one attached hydrogen (secondary N) is 1. The number of carbonyl (C=O) groups excluding carboxylic acids is 1. The Bertz CT molecular complexity index is 502. The van der Waals surface area contributed by atoms with Crippen LogP contribution in [0.3, 0.4) is 0 Å². The van der Waals surface area contributed by atoms with E-state index in [2.05, 4.69) is 5.32 Å². The minimum atomic E-state index is -1.46. The van der Waals surface area contributed by atoms with E-state index in [9.17, 15) is 9.59 Å². The number of aryl methyl sites for hydroxylation is 2. The second-order valence-corrected chi connectivity index (χ2v) is 4.72. The standard InChI is InChI=1S/C14H20N2O4/c1-9-4-5-11(10(2)8-9)16(3)14(20)15-7-6-12(17)13(18)19/h4-5,8,12,17H,6-7H2,1-3H3,(H,15,20)(H,18,19)/t12-/m0/s1. The first-order valence-corrected chi connectivity index (χ1v) is 6.32. The summed E-state index contributed by atoms with van der Waals surface area (Å²) in [5.74, 6) is -1.29. The number of hydrogen-bond donors (Lipinski definition) is 3. The van der Waals surface area contributed by atoms with Gasteiger partial charge in [-0.05, 0) is 25.5 Å². The molecule has 20 heavy (non-hydrogen) atoms. The zero-order valence-electron chi connectivity index (χ0n) is 11.9. The summed E-state index contributed by atoms with van der Waals surface area (Å²) in [5.41, 5.74) is 2.88. The lowest BCUT2D eigenvalue weighted by molar-refractivity contribution is -0.146. The average molecular weight is 280 g/mol. The van der Waals surface area contributed by atoms with Crippen molar-refractivity contribution in [3.8, 4) is 0 Å². The number of aliphatic hydroxyl groups is 1. The minimum Gasteiger partial charge on any atom is -0.479 e. The number of anilines is 1. The number of amides is 2. The Morgan fingerprint density at radius 3 is 2.55 bits per heavy atom. The molecular weight excluding hydrogens is 260 g/mol. The number of hydrogen-bond acceptors (Lipinski definition) is 3. The van der Waals surface area contributed by atoms with Gasteiger partial charge in [0.2, 0.25) is 0 Å². The quantitative estimate of drug-likeness (QED) is 0.758. The highest BCUT2D eigenvalue weighted by Crippen LogP contribution is 2.19. The molecule has 0 heterocycles. The molecule has 0 aliphatic heterocycles. The van der Waals surface area contributed by atoms with Gasteiger partial charge in [-0.15, -0.1) is 0 Å². The normalized spacial score (nSPS) is 11.8. The molecule has 0 spiro atoms. The number of aliphatic carboxylic acids is 1. The highest BCUT2D eigenvalue weighted by molar-refractivity contribution is 5.92. The maximum atomic E-state index is 11.9. The van der Waals surface area contributed by atoms with Gasteiger partial charge in [0.1, 0.15) is 0 Å². The van der Waals surface area contributed by atoms with Gasteiger partial charge in [-0.1, -0.05) is 17.7 Å². The van der Waals surface area contributed by atoms with Crippen LogP contribution in [0.25, 0.3) is 0 Å². The van der Waals surface area contributed by atoms with Gasteiger partial charge in [-0.2, -0.15) is 0 Å². The summed E-state index contributed by atoms with van der Waals surface area (Å²) in [6.07, 6.45) is -1.48. The second kappa shape index (κ2) is 6.91. The van der Waals surface area contributed by atoms with E-state index in [0.717, 1.165) is 16.8 Å². The van der Waals surface area contributed by atoms with Gasteiger partial charge in [0.05, 0.1) is 0 Å². The van der Waals surface area contributed by atoms with Gasteiger partial charge in [-0.3, -0.25) is 4.90 Å². The van der Waals surface area contributed by atoms with Crippen LogP contribution in [0.15, 0.2) is 18.2 Å². The van der Waals surface area contributed by atoms with Crippen molar-refractivity contribution in [1.82, 2.24) is 5.32 Å². The van der Waals surface area contributed by atoms with Crippen LogP contribution in [0.2, 0.25) is 0 Å². The molecule has 3 N–H and O–H groups in total. The lowest BCUT2D eigenvalue weighted by atomic mass is 10.1. The van der Waals surface area contributed by atoms with Gasteiger partial charge in [-0.25, -0.2) is 9.59 Å². The SMILES string of the molecule is Cc1ccc(N(C)C(=O)NCC[C@H](O)C(=O)O)c(C)c1. The minimum absolute atomic E-state index is 0.0260. The van der Waals surface area contributed by atoms with Gasteiger partial charge < -0.3 is 15.5 Å². The molecule has 1 aromatic carbocycles. The molecule has 0 bridgehead atoms. The van der Waals surface area contributed by atoms with Gasteiger partial charge in [0, 0.05) is 25.7 Å². The summed E-state index contributed by atoms with van der Waals surface area (Å²) in [6.45, 7) is 3.99. The van der Waals surface area contributed by atoms with Crippen molar-refractivity contribution in [3.63, 3.8) is 0 Å². The smallest absolute Gasteiger partial charge is 0.332 e. The number of rotatable bonds is 5. The van der Waals surface area contributed by atoms with Crippen molar-refractivity contribution >= 4 is 17.7 Å². The molecule has 0 aromatic heterocycles. The van der Waals surface area contributed by atoms with E-state index in [-0.39, 0.29) is 19.0 Å². The highest BCUT2D eigenvalue weighted by atomic mass is 16.4. The first kappa shape index (κ1) is 16.0. The Hall–Kier alpha value is -2.08. The molecule has 1 atom stereocenters. The molecule has 2 amide bonds. The lowest BCUT2D eigenvalue weighted by Gasteiger charge is -2.20. The topological polar surface area (TPSA) is 89.9 Å². The maximum Gasteiger partial charge on any atom is 0.332 e. The van der Waals surface area contributed by atoms with E-state index in [4.69, 9.17) is 10.2 Å². The molecule has 0 fully saturated rings. The van der Waals surface area contributed by atoms with Crippen LogP contribution in [0.4, 0.5) is 10.5 Å². The Labute approximate surface area is 118 Å². The van der Waals surface area contributed by atoms with Crippen LogP contribution in [0, 0.1) is 13.8 Å². The van der Waals surface area contributed by atoms with E-state index >= 15 is 0 Å². The van der Waals surface area contributed by atoms with Gasteiger partial charge >= 0.3 is 12.0 Å². The third-order valence-electron chi connectivity index (χ3n) is 3.00. The molecule has 1 rings (SSSR count). The monoisotopic (exact) mass is 280 g/mol. The number of urea groups is 1. The lowest BCUT2D eigenvalue weighted by Crippen LogP contribution is -2.39. The Kier molecular flexibility index (Phi) is 5.52. The number of aliphatic hydroxyl groups excluding tert-OH is 1. The summed E-state index contributed by atoms with van der Waals surface area (Å²) in [7, 11) is 1.64. The molecule has 0 saturated carbocycles. The van der Waals surface area contributed by atoms with E-state index in [1.54, 1.807) is 7.05 Å². The van der Waals surface area contributed by atoms with Crippen molar-refractivity contribution in [3.05, 3.63) is 29.3 Å². The number of benzene rings is 1. The predicted octanol–water partition coefficient (Wildman–Crippen LogP) is 1.28. The maximum absolute atomic E-state index is 11.9.